The van der Waals surface area contributed by atoms with E-state index in [2.05, 4.69) is 90.1 Å². The molecular weight excluding hydrogens is 519 g/mol. The van der Waals surface area contributed by atoms with Gasteiger partial charge in [0.1, 0.15) is 0 Å². The van der Waals surface area contributed by atoms with Crippen molar-refractivity contribution in [1.82, 2.24) is 4.57 Å². The van der Waals surface area contributed by atoms with Crippen LogP contribution in [0.2, 0.25) is 0 Å². The molecular formula is C36H31NOSi2. The standard InChI is InChI=1S/C36H31NOSi2/c1-37(2)39(33-18-7-3-8-19-33,34-20-9-4-10-21-34)28-26-31-16-15-17-32(30-31)27-29-40(38,35-22-11-5-12-23-35)36-24-13-6-14-25-36/h3-25,30,38H,1-2H3. The molecule has 2 nitrogen and oxygen atoms in total. The van der Waals surface area contributed by atoms with Crippen molar-refractivity contribution >= 4 is 37.3 Å². The zero-order valence-electron chi connectivity index (χ0n) is 22.8. The Kier molecular flexibility index (Phi) is 8.27. The third-order valence-corrected chi connectivity index (χ3v) is 14.1. The molecule has 0 unspecified atom stereocenters. The van der Waals surface area contributed by atoms with Gasteiger partial charge in [0.05, 0.1) is 0 Å². The molecule has 0 aliphatic heterocycles. The highest BCUT2D eigenvalue weighted by Crippen LogP contribution is 2.10. The fourth-order valence-electron chi connectivity index (χ4n) is 4.97. The maximum absolute atomic E-state index is 11.9. The molecule has 40 heavy (non-hydrogen) atoms. The molecule has 1 N–H and O–H groups in total. The molecule has 0 saturated carbocycles. The highest BCUT2D eigenvalue weighted by molar-refractivity contribution is 7.06. The number of nitrogens with zero attached hydrogens (tertiary/aromatic N) is 1. The topological polar surface area (TPSA) is 23.5 Å². The molecule has 0 saturated heterocycles. The summed E-state index contributed by atoms with van der Waals surface area (Å²) in [7, 11) is -1.56. The van der Waals surface area contributed by atoms with Crippen LogP contribution in [0.1, 0.15) is 11.1 Å². The molecule has 5 aromatic rings. The van der Waals surface area contributed by atoms with Gasteiger partial charge in [-0.25, -0.2) is 0 Å². The summed E-state index contributed by atoms with van der Waals surface area (Å²) in [6.07, 6.45) is 0. The van der Waals surface area contributed by atoms with Crippen molar-refractivity contribution in [3.8, 4) is 22.9 Å². The van der Waals surface area contributed by atoms with E-state index >= 15 is 0 Å². The first-order chi connectivity index (χ1) is 19.5. The lowest BCUT2D eigenvalue weighted by molar-refractivity contribution is 0.584. The van der Waals surface area contributed by atoms with Gasteiger partial charge >= 0.3 is 8.32 Å². The lowest BCUT2D eigenvalue weighted by Gasteiger charge is -2.33. The number of hydrogen-bond acceptors (Lipinski definition) is 2. The van der Waals surface area contributed by atoms with Gasteiger partial charge in [-0.2, -0.15) is 0 Å². The average Bonchev–Trinajstić information content (AvgIpc) is 3.02. The number of benzene rings is 5. The normalized spacial score (nSPS) is 11.2. The van der Waals surface area contributed by atoms with Crippen molar-refractivity contribution in [2.24, 2.45) is 0 Å². The molecule has 0 aromatic heterocycles. The minimum Gasteiger partial charge on any atom is -0.415 e. The largest absolute Gasteiger partial charge is 0.415 e. The second-order valence-corrected chi connectivity index (χ2v) is 16.4. The fraction of sp³-hybridized carbons (Fsp3) is 0.0556. The van der Waals surface area contributed by atoms with Crippen LogP contribution in [-0.2, 0) is 0 Å². The van der Waals surface area contributed by atoms with Crippen LogP contribution in [0.5, 0.6) is 0 Å². The van der Waals surface area contributed by atoms with E-state index in [4.69, 9.17) is 0 Å². The second-order valence-electron chi connectivity index (χ2n) is 9.86. The van der Waals surface area contributed by atoms with Gasteiger partial charge in [-0.3, -0.25) is 0 Å². The highest BCUT2D eigenvalue weighted by Gasteiger charge is 2.39. The Hall–Kier alpha value is -4.43. The van der Waals surface area contributed by atoms with Crippen molar-refractivity contribution in [2.45, 2.75) is 0 Å². The first-order valence-electron chi connectivity index (χ1n) is 13.3. The van der Waals surface area contributed by atoms with Crippen LogP contribution in [-0.4, -0.2) is 40.0 Å². The predicted molar refractivity (Wildman–Crippen MR) is 172 cm³/mol. The van der Waals surface area contributed by atoms with Gasteiger partial charge in [-0.15, -0.1) is 0 Å². The highest BCUT2D eigenvalue weighted by atomic mass is 28.4. The van der Waals surface area contributed by atoms with Gasteiger partial charge < -0.3 is 9.36 Å². The summed E-state index contributed by atoms with van der Waals surface area (Å²) < 4.78 is 2.31. The quantitative estimate of drug-likeness (QED) is 0.268. The Labute approximate surface area is 239 Å². The summed E-state index contributed by atoms with van der Waals surface area (Å²) in [5, 5.41) is 4.24. The summed E-state index contributed by atoms with van der Waals surface area (Å²) in [4.78, 5) is 11.9. The molecule has 0 bridgehead atoms. The number of hydrogen-bond donors (Lipinski definition) is 1. The van der Waals surface area contributed by atoms with Crippen LogP contribution in [0.25, 0.3) is 0 Å². The molecule has 4 heteroatoms. The molecule has 194 valence electrons. The van der Waals surface area contributed by atoms with Crippen LogP contribution in [0.4, 0.5) is 0 Å². The van der Waals surface area contributed by atoms with Crippen molar-refractivity contribution in [2.75, 3.05) is 14.1 Å². The van der Waals surface area contributed by atoms with E-state index < -0.39 is 16.6 Å². The van der Waals surface area contributed by atoms with E-state index in [0.717, 1.165) is 21.5 Å². The van der Waals surface area contributed by atoms with Crippen molar-refractivity contribution in [1.29, 1.82) is 0 Å². The Morgan fingerprint density at radius 3 is 1.25 bits per heavy atom. The molecule has 0 heterocycles. The van der Waals surface area contributed by atoms with Crippen LogP contribution in [0.3, 0.4) is 0 Å². The second kappa shape index (κ2) is 12.2. The maximum Gasteiger partial charge on any atom is 0.335 e. The van der Waals surface area contributed by atoms with E-state index in [1.807, 2.05) is 97.1 Å². The fourth-order valence-corrected chi connectivity index (χ4v) is 10.8. The first kappa shape index (κ1) is 27.2. The SMILES string of the molecule is CN(C)[Si](C#Cc1cccc(C#C[Si](O)(c2ccccc2)c2ccccc2)c1)(c1ccccc1)c1ccccc1. The third kappa shape index (κ3) is 5.63. The Bertz CT molecular complexity index is 1600. The van der Waals surface area contributed by atoms with Crippen LogP contribution >= 0.6 is 0 Å². The monoisotopic (exact) mass is 549 g/mol. The summed E-state index contributed by atoms with van der Waals surface area (Å²) >= 11 is 0. The molecule has 5 rings (SSSR count). The minimum atomic E-state index is -3.25. The molecule has 0 spiro atoms. The molecule has 0 fully saturated rings. The van der Waals surface area contributed by atoms with E-state index in [1.165, 1.54) is 10.4 Å². The van der Waals surface area contributed by atoms with Gasteiger partial charge in [0.25, 0.3) is 8.24 Å². The average molecular weight is 550 g/mol. The number of rotatable bonds is 5. The van der Waals surface area contributed by atoms with E-state index in [-0.39, 0.29) is 0 Å². The van der Waals surface area contributed by atoms with Crippen LogP contribution < -0.4 is 20.7 Å². The lowest BCUT2D eigenvalue weighted by Crippen LogP contribution is -2.67. The Morgan fingerprint density at radius 2 is 0.850 bits per heavy atom. The lowest BCUT2D eigenvalue weighted by atomic mass is 10.1. The van der Waals surface area contributed by atoms with Gasteiger partial charge in [0.15, 0.2) is 0 Å². The summed E-state index contributed by atoms with van der Waals surface area (Å²) in [6, 6.07) is 48.8. The molecule has 0 radical (unpaired) electrons. The first-order valence-corrected chi connectivity index (χ1v) is 17.2. The smallest absolute Gasteiger partial charge is 0.335 e. The van der Waals surface area contributed by atoms with Crippen LogP contribution in [0, 0.1) is 22.9 Å². The summed E-state index contributed by atoms with van der Waals surface area (Å²) in [5.41, 5.74) is 8.81. The molecule has 0 aliphatic rings. The van der Waals surface area contributed by atoms with Crippen molar-refractivity contribution in [3.05, 3.63) is 157 Å². The zero-order chi connectivity index (χ0) is 27.8. The molecule has 0 amide bonds. The van der Waals surface area contributed by atoms with Crippen molar-refractivity contribution < 1.29 is 4.80 Å². The minimum absolute atomic E-state index is 0.834. The predicted octanol–water partition coefficient (Wildman–Crippen LogP) is 3.54. The van der Waals surface area contributed by atoms with Gasteiger partial charge in [0, 0.05) is 11.1 Å². The van der Waals surface area contributed by atoms with Gasteiger partial charge in [-0.05, 0) is 53.0 Å². The molecule has 5 aromatic carbocycles. The van der Waals surface area contributed by atoms with E-state index in [9.17, 15) is 4.80 Å². The van der Waals surface area contributed by atoms with E-state index in [1.54, 1.807) is 0 Å². The Balaban J connectivity index is 1.57. The van der Waals surface area contributed by atoms with Gasteiger partial charge in [-0.1, -0.05) is 150 Å². The maximum atomic E-state index is 11.9. The zero-order valence-corrected chi connectivity index (χ0v) is 24.8. The molecule has 0 atom stereocenters. The summed E-state index contributed by atoms with van der Waals surface area (Å²) in [5.74, 6) is 6.82. The summed E-state index contributed by atoms with van der Waals surface area (Å²) in [6.45, 7) is 0. The molecule has 0 aliphatic carbocycles. The van der Waals surface area contributed by atoms with Gasteiger partial charge in [0.2, 0.25) is 0 Å². The van der Waals surface area contributed by atoms with Crippen molar-refractivity contribution in [3.63, 3.8) is 0 Å². The third-order valence-electron chi connectivity index (χ3n) is 7.08. The Morgan fingerprint density at radius 1 is 0.475 bits per heavy atom. The van der Waals surface area contributed by atoms with Crippen LogP contribution in [0.15, 0.2) is 146 Å². The van der Waals surface area contributed by atoms with E-state index in [0.29, 0.717) is 0 Å².